The topological polar surface area (TPSA) is 63.7 Å². The minimum atomic E-state index is 0.0262. The Morgan fingerprint density at radius 2 is 1.93 bits per heavy atom. The zero-order valence-electron chi connectivity index (χ0n) is 17.2. The molecule has 158 valence electrons. The third-order valence-electron chi connectivity index (χ3n) is 5.13. The molecule has 3 aromatic rings. The van der Waals surface area contributed by atoms with E-state index in [1.807, 2.05) is 49.4 Å². The molecule has 0 saturated carbocycles. The van der Waals surface area contributed by atoms with Gasteiger partial charge in [0.1, 0.15) is 23.1 Å². The fourth-order valence-electron chi connectivity index (χ4n) is 3.73. The molecule has 0 unspecified atom stereocenters. The number of nitrogens with zero attached hydrogens (tertiary/aromatic N) is 2. The first kappa shape index (κ1) is 20.6. The standard InChI is InChI=1S/C23H27N3O3S/c1-2-28-17-9-11-18(12-10-17)29-15-13-24-22(27)16-26-14-5-7-20(26)23-25-19-6-3-4-8-21(19)30-23/h3-4,6,8-12,20H,2,5,7,13-16H2,1H3,(H,24,27)/t20-/m0/s1. The number of para-hydroxylation sites is 1. The van der Waals surface area contributed by atoms with E-state index in [0.717, 1.165) is 41.4 Å². The number of hydrogen-bond donors (Lipinski definition) is 1. The average Bonchev–Trinajstić information content (AvgIpc) is 3.39. The van der Waals surface area contributed by atoms with E-state index in [2.05, 4.69) is 16.3 Å². The van der Waals surface area contributed by atoms with Gasteiger partial charge in [-0.2, -0.15) is 0 Å². The Balaban J connectivity index is 1.23. The number of nitrogens with one attached hydrogen (secondary N) is 1. The van der Waals surface area contributed by atoms with Crippen molar-refractivity contribution in [2.45, 2.75) is 25.8 Å². The Morgan fingerprint density at radius 3 is 2.70 bits per heavy atom. The van der Waals surface area contributed by atoms with Crippen LogP contribution in [-0.4, -0.2) is 48.6 Å². The number of ether oxygens (including phenoxy) is 2. The van der Waals surface area contributed by atoms with Gasteiger partial charge in [-0.1, -0.05) is 12.1 Å². The molecule has 0 radical (unpaired) electrons. The number of fused-ring (bicyclic) bond motifs is 1. The lowest BCUT2D eigenvalue weighted by molar-refractivity contribution is -0.122. The molecule has 1 aliphatic heterocycles. The summed E-state index contributed by atoms with van der Waals surface area (Å²) in [5.41, 5.74) is 1.04. The van der Waals surface area contributed by atoms with E-state index < -0.39 is 0 Å². The minimum Gasteiger partial charge on any atom is -0.494 e. The summed E-state index contributed by atoms with van der Waals surface area (Å²) in [5.74, 6) is 1.62. The number of benzene rings is 2. The smallest absolute Gasteiger partial charge is 0.234 e. The van der Waals surface area contributed by atoms with Crippen LogP contribution in [-0.2, 0) is 4.79 Å². The molecule has 1 fully saturated rings. The summed E-state index contributed by atoms with van der Waals surface area (Å²) in [5, 5.41) is 4.07. The van der Waals surface area contributed by atoms with Crippen molar-refractivity contribution < 1.29 is 14.3 Å². The van der Waals surface area contributed by atoms with Crippen molar-refractivity contribution >= 4 is 27.5 Å². The van der Waals surface area contributed by atoms with Gasteiger partial charge in [0.25, 0.3) is 0 Å². The number of amides is 1. The maximum atomic E-state index is 12.4. The Morgan fingerprint density at radius 1 is 1.17 bits per heavy atom. The average molecular weight is 426 g/mol. The maximum absolute atomic E-state index is 12.4. The quantitative estimate of drug-likeness (QED) is 0.525. The van der Waals surface area contributed by atoms with Crippen LogP contribution in [0.15, 0.2) is 48.5 Å². The molecule has 1 saturated heterocycles. The highest BCUT2D eigenvalue weighted by atomic mass is 32.1. The third-order valence-corrected chi connectivity index (χ3v) is 6.27. The second-order valence-corrected chi connectivity index (χ2v) is 8.31. The maximum Gasteiger partial charge on any atom is 0.234 e. The largest absolute Gasteiger partial charge is 0.494 e. The Labute approximate surface area is 180 Å². The van der Waals surface area contributed by atoms with Gasteiger partial charge in [-0.05, 0) is 62.7 Å². The molecule has 1 atom stereocenters. The minimum absolute atomic E-state index is 0.0262. The SMILES string of the molecule is CCOc1ccc(OCCNC(=O)CN2CCC[C@H]2c2nc3ccccc3s2)cc1. The number of aromatic nitrogens is 1. The van der Waals surface area contributed by atoms with Crippen LogP contribution in [0.1, 0.15) is 30.8 Å². The van der Waals surface area contributed by atoms with Crippen molar-refractivity contribution in [3.63, 3.8) is 0 Å². The van der Waals surface area contributed by atoms with Gasteiger partial charge < -0.3 is 14.8 Å². The number of hydrogen-bond acceptors (Lipinski definition) is 6. The van der Waals surface area contributed by atoms with Gasteiger partial charge in [0.2, 0.25) is 5.91 Å². The van der Waals surface area contributed by atoms with Crippen molar-refractivity contribution in [3.8, 4) is 11.5 Å². The summed E-state index contributed by atoms with van der Waals surface area (Å²) >= 11 is 1.74. The first-order valence-corrected chi connectivity index (χ1v) is 11.3. The highest BCUT2D eigenvalue weighted by Crippen LogP contribution is 2.36. The van der Waals surface area contributed by atoms with E-state index >= 15 is 0 Å². The van der Waals surface area contributed by atoms with Crippen molar-refractivity contribution in [3.05, 3.63) is 53.5 Å². The molecular weight excluding hydrogens is 398 g/mol. The summed E-state index contributed by atoms with van der Waals surface area (Å²) in [6.45, 7) is 4.83. The highest BCUT2D eigenvalue weighted by molar-refractivity contribution is 7.18. The van der Waals surface area contributed by atoms with E-state index in [4.69, 9.17) is 14.5 Å². The van der Waals surface area contributed by atoms with Gasteiger partial charge in [-0.3, -0.25) is 9.69 Å². The first-order valence-electron chi connectivity index (χ1n) is 10.4. The molecule has 1 amide bonds. The molecule has 2 aromatic carbocycles. The van der Waals surface area contributed by atoms with Crippen molar-refractivity contribution in [1.82, 2.24) is 15.2 Å². The summed E-state index contributed by atoms with van der Waals surface area (Å²) < 4.78 is 12.3. The van der Waals surface area contributed by atoms with Crippen LogP contribution < -0.4 is 14.8 Å². The molecule has 2 heterocycles. The molecule has 0 aliphatic carbocycles. The van der Waals surface area contributed by atoms with Gasteiger partial charge >= 0.3 is 0 Å². The fourth-order valence-corrected chi connectivity index (χ4v) is 4.86. The molecule has 30 heavy (non-hydrogen) atoms. The van der Waals surface area contributed by atoms with E-state index in [0.29, 0.717) is 26.3 Å². The van der Waals surface area contributed by atoms with Gasteiger partial charge in [0, 0.05) is 0 Å². The molecule has 1 N–H and O–H groups in total. The molecule has 1 aliphatic rings. The number of rotatable bonds is 9. The molecule has 0 bridgehead atoms. The Hall–Kier alpha value is -2.64. The van der Waals surface area contributed by atoms with Crippen LogP contribution in [0.2, 0.25) is 0 Å². The second-order valence-electron chi connectivity index (χ2n) is 7.25. The zero-order chi connectivity index (χ0) is 20.8. The van der Waals surface area contributed by atoms with Crippen LogP contribution in [0.4, 0.5) is 0 Å². The Bertz CT molecular complexity index is 940. The number of thiazole rings is 1. The predicted molar refractivity (Wildman–Crippen MR) is 119 cm³/mol. The third kappa shape index (κ3) is 5.09. The van der Waals surface area contributed by atoms with Crippen molar-refractivity contribution in [2.24, 2.45) is 0 Å². The number of carbonyl (C=O) groups excluding carboxylic acids is 1. The first-order chi connectivity index (χ1) is 14.7. The Kier molecular flexibility index (Phi) is 6.81. The summed E-state index contributed by atoms with van der Waals surface area (Å²) in [6, 6.07) is 16.0. The van der Waals surface area contributed by atoms with Gasteiger partial charge in [0.15, 0.2) is 0 Å². The normalized spacial score (nSPS) is 16.6. The van der Waals surface area contributed by atoms with Gasteiger partial charge in [-0.25, -0.2) is 4.98 Å². The molecular formula is C23H27N3O3S. The van der Waals surface area contributed by atoms with Crippen molar-refractivity contribution in [2.75, 3.05) is 32.8 Å². The van der Waals surface area contributed by atoms with Gasteiger partial charge in [-0.15, -0.1) is 11.3 Å². The summed E-state index contributed by atoms with van der Waals surface area (Å²) in [7, 11) is 0. The fraction of sp³-hybridized carbons (Fsp3) is 0.391. The second kappa shape index (κ2) is 9.91. The number of carbonyl (C=O) groups is 1. The van der Waals surface area contributed by atoms with Crippen LogP contribution in [0.3, 0.4) is 0 Å². The van der Waals surface area contributed by atoms with E-state index in [9.17, 15) is 4.79 Å². The van der Waals surface area contributed by atoms with Crippen LogP contribution in [0.5, 0.6) is 11.5 Å². The molecule has 0 spiro atoms. The van der Waals surface area contributed by atoms with E-state index in [-0.39, 0.29) is 11.9 Å². The van der Waals surface area contributed by atoms with Crippen LogP contribution in [0.25, 0.3) is 10.2 Å². The number of likely N-dealkylation sites (tertiary alicyclic amines) is 1. The lowest BCUT2D eigenvalue weighted by Gasteiger charge is -2.22. The predicted octanol–water partition coefficient (Wildman–Crippen LogP) is 4.03. The zero-order valence-corrected chi connectivity index (χ0v) is 18.0. The molecule has 6 nitrogen and oxygen atoms in total. The highest BCUT2D eigenvalue weighted by Gasteiger charge is 2.29. The van der Waals surface area contributed by atoms with Crippen LogP contribution in [0, 0.1) is 0 Å². The lowest BCUT2D eigenvalue weighted by Crippen LogP contribution is -2.38. The monoisotopic (exact) mass is 425 g/mol. The molecule has 1 aromatic heterocycles. The summed E-state index contributed by atoms with van der Waals surface area (Å²) in [4.78, 5) is 19.5. The van der Waals surface area contributed by atoms with Gasteiger partial charge in [0.05, 0.1) is 36.0 Å². The lowest BCUT2D eigenvalue weighted by atomic mass is 10.2. The molecule has 4 rings (SSSR count). The van der Waals surface area contributed by atoms with E-state index in [1.54, 1.807) is 11.3 Å². The van der Waals surface area contributed by atoms with Crippen LogP contribution >= 0.6 is 11.3 Å². The summed E-state index contributed by atoms with van der Waals surface area (Å²) in [6.07, 6.45) is 2.14. The van der Waals surface area contributed by atoms with Crippen molar-refractivity contribution in [1.29, 1.82) is 0 Å². The molecule has 7 heteroatoms. The van der Waals surface area contributed by atoms with E-state index in [1.165, 1.54) is 4.70 Å².